The number of rotatable bonds is 9. The van der Waals surface area contributed by atoms with Gasteiger partial charge in [-0.3, -0.25) is 0 Å². The summed E-state index contributed by atoms with van der Waals surface area (Å²) in [7, 11) is 0. The number of ether oxygens (including phenoxy) is 10. The zero-order valence-corrected chi connectivity index (χ0v) is 42.1. The fraction of sp³-hybridized carbons (Fsp3) is 0.961. The highest BCUT2D eigenvalue weighted by atomic mass is 16.8. The number of aliphatic hydroxyl groups excluding tert-OH is 10. The highest BCUT2D eigenvalue weighted by Crippen LogP contribution is 2.71. The maximum atomic E-state index is 12.3. The van der Waals surface area contributed by atoms with Crippen LogP contribution in [0.4, 0.5) is 0 Å². The number of fused-ring (bicyclic) bond motifs is 7. The summed E-state index contributed by atoms with van der Waals surface area (Å²) in [5, 5.41) is 109. The van der Waals surface area contributed by atoms with E-state index in [1.807, 2.05) is 0 Å². The van der Waals surface area contributed by atoms with Crippen molar-refractivity contribution in [2.45, 2.75) is 247 Å². The molecule has 71 heavy (non-hydrogen) atoms. The second-order valence-electron chi connectivity index (χ2n) is 23.8. The highest BCUT2D eigenvalue weighted by Gasteiger charge is 2.69. The molecule has 10 aliphatic rings. The molecule has 0 aromatic heterocycles. The average molecular weight is 1020 g/mol. The van der Waals surface area contributed by atoms with E-state index >= 15 is 0 Å². The molecule has 0 aromatic carbocycles. The van der Waals surface area contributed by atoms with Gasteiger partial charge in [-0.25, -0.2) is 0 Å². The minimum absolute atomic E-state index is 0.0445. The van der Waals surface area contributed by atoms with Gasteiger partial charge < -0.3 is 98.4 Å². The van der Waals surface area contributed by atoms with E-state index in [-0.39, 0.29) is 23.0 Å². The van der Waals surface area contributed by atoms with Crippen molar-refractivity contribution in [1.29, 1.82) is 0 Å². The first-order valence-corrected chi connectivity index (χ1v) is 26.6. The second kappa shape index (κ2) is 20.1. The van der Waals surface area contributed by atoms with Gasteiger partial charge in [-0.2, -0.15) is 0 Å². The third-order valence-electron chi connectivity index (χ3n) is 19.7. The first kappa shape index (κ1) is 53.3. The zero-order chi connectivity index (χ0) is 50.8. The van der Waals surface area contributed by atoms with E-state index in [0.717, 1.165) is 51.6 Å². The quantitative estimate of drug-likeness (QED) is 0.137. The minimum atomic E-state index is -1.82. The van der Waals surface area contributed by atoms with Crippen LogP contribution in [0.5, 0.6) is 0 Å². The zero-order valence-electron chi connectivity index (χ0n) is 42.1. The lowest BCUT2D eigenvalue weighted by Gasteiger charge is -2.58. The van der Waals surface area contributed by atoms with Gasteiger partial charge in [0, 0.05) is 12.3 Å². The van der Waals surface area contributed by atoms with Gasteiger partial charge in [0.05, 0.1) is 43.7 Å². The molecule has 1 spiro atoms. The van der Waals surface area contributed by atoms with Gasteiger partial charge in [-0.15, -0.1) is 0 Å². The Hall–Kier alpha value is -1.06. The summed E-state index contributed by atoms with van der Waals surface area (Å²) in [4.78, 5) is 0. The Balaban J connectivity index is 0.845. The van der Waals surface area contributed by atoms with E-state index in [9.17, 15) is 51.1 Å². The minimum Gasteiger partial charge on any atom is -0.394 e. The van der Waals surface area contributed by atoms with Crippen molar-refractivity contribution in [1.82, 2.24) is 0 Å². The van der Waals surface area contributed by atoms with Crippen molar-refractivity contribution >= 4 is 0 Å². The van der Waals surface area contributed by atoms with Gasteiger partial charge >= 0.3 is 0 Å². The third-order valence-corrected chi connectivity index (χ3v) is 19.7. The third kappa shape index (κ3) is 9.03. The predicted molar refractivity (Wildman–Crippen MR) is 244 cm³/mol. The molecule has 3 saturated carbocycles. The molecule has 0 radical (unpaired) electrons. The summed E-state index contributed by atoms with van der Waals surface area (Å²) in [6, 6.07) is 0. The molecule has 9 fully saturated rings. The van der Waals surface area contributed by atoms with E-state index in [0.29, 0.717) is 48.3 Å². The fourth-order valence-electron chi connectivity index (χ4n) is 15.4. The van der Waals surface area contributed by atoms with Crippen LogP contribution in [-0.2, 0) is 47.4 Å². The van der Waals surface area contributed by atoms with Crippen molar-refractivity contribution in [3.63, 3.8) is 0 Å². The van der Waals surface area contributed by atoms with Crippen LogP contribution in [0.2, 0.25) is 0 Å². The molecule has 20 nitrogen and oxygen atoms in total. The van der Waals surface area contributed by atoms with Crippen molar-refractivity contribution in [3.8, 4) is 0 Å². The van der Waals surface area contributed by atoms with E-state index < -0.39 is 135 Å². The molecule has 6 heterocycles. The van der Waals surface area contributed by atoms with E-state index in [2.05, 4.69) is 33.8 Å². The lowest BCUT2D eigenvalue weighted by molar-refractivity contribution is -0.393. The average Bonchev–Trinajstić information content (AvgIpc) is 3.79. The van der Waals surface area contributed by atoms with Crippen LogP contribution in [0.25, 0.3) is 0 Å². The summed E-state index contributed by atoms with van der Waals surface area (Å²) in [6.45, 7) is 14.2. The Kier molecular flexibility index (Phi) is 15.1. The van der Waals surface area contributed by atoms with E-state index in [4.69, 9.17) is 47.4 Å². The fourth-order valence-corrected chi connectivity index (χ4v) is 15.4. The Morgan fingerprint density at radius 3 is 1.92 bits per heavy atom. The molecule has 0 unspecified atom stereocenters. The Bertz CT molecular complexity index is 1890. The maximum Gasteiger partial charge on any atom is 0.187 e. The molecule has 6 saturated heterocycles. The highest BCUT2D eigenvalue weighted by molar-refractivity contribution is 5.26. The Morgan fingerprint density at radius 2 is 1.23 bits per heavy atom. The molecule has 10 N–H and O–H groups in total. The molecule has 6 aliphatic heterocycles. The van der Waals surface area contributed by atoms with Crippen LogP contribution in [0.15, 0.2) is 11.6 Å². The first-order chi connectivity index (χ1) is 33.6. The number of hydrogen-bond donors (Lipinski definition) is 10. The summed E-state index contributed by atoms with van der Waals surface area (Å²) in [5.74, 6) is 2.50. The molecule has 10 rings (SSSR count). The van der Waals surface area contributed by atoms with Crippen LogP contribution < -0.4 is 0 Å². The lowest BCUT2D eigenvalue weighted by atomic mass is 9.47. The molecule has 4 aliphatic carbocycles. The molecule has 20 heteroatoms. The summed E-state index contributed by atoms with van der Waals surface area (Å²) >= 11 is 0. The SMILES string of the molecule is C[C@@H]1CC[C@]2(OC1)O[C@@H]1C[C@@H]3[C@H]4CC=C5C[C@@H](O[C@H]6O[C@@H](C)[C@H](O[C@H]7O[C@@H](C)[C@H](O)[C@@H](O[C@H]8O[C@@H](C)[C@H](O)[C@@H](O)[C@@H]8O)[C@@H]7O)[C@@H](O)[C@@H]6O[C@H]6O[C@@H](CO)[C@H](O)[C@@H](O)[C@@H]6O)CC[C@]5(C)[C@@H]4CC[C@@]3(C)[C@@H]1[C@H]2C. The van der Waals surface area contributed by atoms with Crippen LogP contribution >= 0.6 is 0 Å². The van der Waals surface area contributed by atoms with E-state index in [1.165, 1.54) is 19.4 Å². The van der Waals surface area contributed by atoms with Crippen LogP contribution in [0.3, 0.4) is 0 Å². The largest absolute Gasteiger partial charge is 0.394 e. The lowest BCUT2D eigenvalue weighted by Crippen LogP contribution is -2.67. The topological polar surface area (TPSA) is 295 Å². The first-order valence-electron chi connectivity index (χ1n) is 26.6. The molecular weight excluding hydrogens is 933 g/mol. The number of hydrogen-bond acceptors (Lipinski definition) is 20. The molecule has 31 atom stereocenters. The molecule has 0 bridgehead atoms. The molecule has 0 amide bonds. The number of aliphatic hydroxyl groups is 10. The van der Waals surface area contributed by atoms with Crippen LogP contribution in [-0.4, -0.2) is 205 Å². The monoisotopic (exact) mass is 1010 g/mol. The molecule has 406 valence electrons. The Morgan fingerprint density at radius 1 is 0.592 bits per heavy atom. The number of allylic oxidation sites excluding steroid dienone is 1. The van der Waals surface area contributed by atoms with Crippen molar-refractivity contribution in [2.75, 3.05) is 13.2 Å². The molecular formula is C51H82O20. The van der Waals surface area contributed by atoms with Gasteiger partial charge in [-0.05, 0) is 113 Å². The van der Waals surface area contributed by atoms with Crippen molar-refractivity contribution in [3.05, 3.63) is 11.6 Å². The van der Waals surface area contributed by atoms with E-state index in [1.54, 1.807) is 6.92 Å². The van der Waals surface area contributed by atoms with Crippen LogP contribution in [0, 0.1) is 46.3 Å². The smallest absolute Gasteiger partial charge is 0.187 e. The van der Waals surface area contributed by atoms with Gasteiger partial charge in [0.15, 0.2) is 30.9 Å². The van der Waals surface area contributed by atoms with Gasteiger partial charge in [-0.1, -0.05) is 39.3 Å². The summed E-state index contributed by atoms with van der Waals surface area (Å²) in [6.07, 6.45) is -18.9. The standard InChI is InChI=1S/C51H82O20/c1-20-10-15-51(62-19-20)21(2)32-30(71-51)17-29-27-9-8-25-16-26(11-13-49(25,6)28(27)12-14-50(29,32)7)66-48-44(70-46-39(59)37(57)35(55)31(18-52)67-46)40(60)42(24(5)65-48)68-47-41(61)43(34(54)23(4)64-47)69-45-38(58)36(56)33(53)22(3)63-45/h8,20-24,26-48,52-61H,9-19H2,1-7H3/t20-,21-,22+,23+,24+,26+,27+,28-,29-,30-,31+,32-,33+,34+,35+,36-,37-,38+,39+,40-,41+,42+,43-,44+,45-,46-,47-,48-,49+,50-,51+/m1/s1. The Labute approximate surface area is 415 Å². The second-order valence-corrected chi connectivity index (χ2v) is 23.8. The summed E-state index contributed by atoms with van der Waals surface area (Å²) in [5.41, 5.74) is 1.47. The molecule has 0 aromatic rings. The van der Waals surface area contributed by atoms with Crippen molar-refractivity contribution in [2.24, 2.45) is 46.3 Å². The van der Waals surface area contributed by atoms with Gasteiger partial charge in [0.1, 0.15) is 79.4 Å². The maximum absolute atomic E-state index is 12.3. The van der Waals surface area contributed by atoms with Crippen molar-refractivity contribution < 1.29 is 98.4 Å². The van der Waals surface area contributed by atoms with Crippen LogP contribution in [0.1, 0.15) is 106 Å². The predicted octanol–water partition coefficient (Wildman–Crippen LogP) is 0.0935. The summed E-state index contributed by atoms with van der Waals surface area (Å²) < 4.78 is 62.4. The van der Waals surface area contributed by atoms with Gasteiger partial charge in [0.25, 0.3) is 0 Å². The normalized spacial score (nSPS) is 58.4. The van der Waals surface area contributed by atoms with Gasteiger partial charge in [0.2, 0.25) is 0 Å².